The maximum atomic E-state index is 11.4. The number of aryl methyl sites for hydroxylation is 1. The van der Waals surface area contributed by atoms with Crippen molar-refractivity contribution in [2.75, 3.05) is 0 Å². The summed E-state index contributed by atoms with van der Waals surface area (Å²) in [7, 11) is 0. The number of fused-ring (bicyclic) bond motifs is 1. The van der Waals surface area contributed by atoms with Crippen molar-refractivity contribution in [1.82, 2.24) is 4.98 Å². The molecule has 0 spiro atoms. The van der Waals surface area contributed by atoms with Crippen molar-refractivity contribution in [3.8, 4) is 0 Å². The minimum absolute atomic E-state index is 0.0730. The van der Waals surface area contributed by atoms with Gasteiger partial charge in [0, 0.05) is 39.2 Å². The van der Waals surface area contributed by atoms with Crippen LogP contribution < -0.4 is 5.56 Å². The molecule has 1 aromatic heterocycles. The second-order valence-corrected chi connectivity index (χ2v) is 3.73. The molecular weight excluding hydrogens is 390 g/mol. The van der Waals surface area contributed by atoms with E-state index in [9.17, 15) is 4.79 Å². The molecule has 0 aliphatic heterocycles. The normalized spacial score (nSPS) is 9.60. The van der Waals surface area contributed by atoms with Crippen LogP contribution in [0.3, 0.4) is 0 Å². The highest BCUT2D eigenvalue weighted by atomic mass is 80.9. The first-order valence-corrected chi connectivity index (χ1v) is 8.62. The Bertz CT molecular complexity index is 522. The Kier molecular flexibility index (Phi) is 5.02. The first-order chi connectivity index (χ1) is 7.20. The average Bonchev–Trinajstić information content (AvgIpc) is 2.29. The smallest absolute Gasteiger partial charge is 0.263 e. The van der Waals surface area contributed by atoms with Crippen LogP contribution >= 0.6 is 44.2 Å². The topological polar surface area (TPSA) is 32.9 Å². The predicted molar refractivity (Wildman–Crippen MR) is 74.9 cm³/mol. The third-order valence-corrected chi connectivity index (χ3v) is 3.06. The highest BCUT2D eigenvalue weighted by Crippen LogP contribution is 2.19. The van der Waals surface area contributed by atoms with E-state index in [1.807, 2.05) is 31.2 Å². The lowest BCUT2D eigenvalue weighted by molar-refractivity contribution is 1.25. The monoisotopic (exact) mass is 395 g/mol. The summed E-state index contributed by atoms with van der Waals surface area (Å²) in [5, 5.41) is 1.08. The lowest BCUT2D eigenvalue weighted by Crippen LogP contribution is -2.08. The van der Waals surface area contributed by atoms with Gasteiger partial charge in [0.1, 0.15) is 0 Å². The fraction of sp³-hybridized carbons (Fsp3) is 0.100. The largest absolute Gasteiger partial charge is 0.321 e. The van der Waals surface area contributed by atoms with E-state index in [4.69, 9.17) is 0 Å². The molecule has 0 unspecified atom stereocenters. The Morgan fingerprint density at radius 1 is 1.20 bits per heavy atom. The van der Waals surface area contributed by atoms with Crippen molar-refractivity contribution in [2.45, 2.75) is 6.92 Å². The number of halogens is 3. The van der Waals surface area contributed by atoms with E-state index in [0.717, 1.165) is 16.5 Å². The van der Waals surface area contributed by atoms with Crippen LogP contribution in [-0.2, 0) is 0 Å². The van der Waals surface area contributed by atoms with E-state index < -0.39 is 0 Å². The molecule has 2 aromatic rings. The zero-order valence-corrected chi connectivity index (χ0v) is 12.6. The molecule has 1 aromatic carbocycles. The van der Waals surface area contributed by atoms with Crippen molar-refractivity contribution in [2.24, 2.45) is 0 Å². The summed E-state index contributed by atoms with van der Waals surface area (Å²) >= 11 is 8.76. The van der Waals surface area contributed by atoms with Crippen LogP contribution in [0.25, 0.3) is 10.9 Å². The SMILES string of the molecule is BrBr.Cc1c(Br)c(=O)[nH]c2ccccc12. The Labute approximate surface area is 111 Å². The zero-order valence-electron chi connectivity index (χ0n) is 7.85. The molecular formula is C10H8Br3NO. The van der Waals surface area contributed by atoms with Gasteiger partial charge in [-0.15, -0.1) is 0 Å². The molecule has 0 aliphatic rings. The summed E-state index contributed by atoms with van der Waals surface area (Å²) in [6.45, 7) is 1.93. The number of hydrogen-bond donors (Lipinski definition) is 1. The molecule has 80 valence electrons. The van der Waals surface area contributed by atoms with Gasteiger partial charge in [0.2, 0.25) is 0 Å². The molecule has 0 saturated carbocycles. The Hall–Kier alpha value is -0.130. The van der Waals surface area contributed by atoms with Crippen molar-refractivity contribution < 1.29 is 0 Å². The summed E-state index contributed by atoms with van der Waals surface area (Å²) in [5.41, 5.74) is 1.80. The minimum atomic E-state index is -0.0730. The highest BCUT2D eigenvalue weighted by Gasteiger charge is 2.04. The van der Waals surface area contributed by atoms with Crippen LogP contribution in [0, 0.1) is 6.92 Å². The highest BCUT2D eigenvalue weighted by molar-refractivity contribution is 9.93. The van der Waals surface area contributed by atoms with Gasteiger partial charge >= 0.3 is 0 Å². The summed E-state index contributed by atoms with van der Waals surface area (Å²) in [6.07, 6.45) is 0. The summed E-state index contributed by atoms with van der Waals surface area (Å²) in [5.74, 6) is 0. The molecule has 2 rings (SSSR count). The average molecular weight is 398 g/mol. The van der Waals surface area contributed by atoms with E-state index >= 15 is 0 Å². The van der Waals surface area contributed by atoms with Crippen molar-refractivity contribution in [1.29, 1.82) is 0 Å². The molecule has 1 heterocycles. The van der Waals surface area contributed by atoms with Crippen molar-refractivity contribution in [3.63, 3.8) is 0 Å². The number of aromatic nitrogens is 1. The number of benzene rings is 1. The molecule has 0 atom stereocenters. The van der Waals surface area contributed by atoms with E-state index in [0.29, 0.717) is 4.47 Å². The summed E-state index contributed by atoms with van der Waals surface area (Å²) < 4.78 is 0.617. The lowest BCUT2D eigenvalue weighted by atomic mass is 10.1. The third-order valence-electron chi connectivity index (χ3n) is 2.11. The zero-order chi connectivity index (χ0) is 11.4. The number of nitrogens with one attached hydrogen (secondary N) is 1. The van der Waals surface area contributed by atoms with E-state index in [1.165, 1.54) is 0 Å². The van der Waals surface area contributed by atoms with Crippen LogP contribution in [0.5, 0.6) is 0 Å². The van der Waals surface area contributed by atoms with Crippen LogP contribution in [0.2, 0.25) is 0 Å². The minimum Gasteiger partial charge on any atom is -0.321 e. The fourth-order valence-electron chi connectivity index (χ4n) is 1.38. The predicted octanol–water partition coefficient (Wildman–Crippen LogP) is 4.29. The van der Waals surface area contributed by atoms with Gasteiger partial charge < -0.3 is 4.98 Å². The molecule has 0 radical (unpaired) electrons. The molecule has 2 nitrogen and oxygen atoms in total. The molecule has 15 heavy (non-hydrogen) atoms. The lowest BCUT2D eigenvalue weighted by Gasteiger charge is -2.02. The number of H-pyrrole nitrogens is 1. The Morgan fingerprint density at radius 3 is 2.47 bits per heavy atom. The Morgan fingerprint density at radius 2 is 1.80 bits per heavy atom. The summed E-state index contributed by atoms with van der Waals surface area (Å²) in [4.78, 5) is 14.1. The molecule has 0 aliphatic carbocycles. The standard InChI is InChI=1S/C10H8BrNO.Br2/c1-6-7-4-2-3-5-8(7)12-10(13)9(6)11;1-2/h2-5H,1H3,(H,12,13);. The van der Waals surface area contributed by atoms with Gasteiger partial charge in [-0.2, -0.15) is 0 Å². The van der Waals surface area contributed by atoms with Gasteiger partial charge in [0.15, 0.2) is 0 Å². The number of para-hydroxylation sites is 1. The second-order valence-electron chi connectivity index (χ2n) is 2.94. The van der Waals surface area contributed by atoms with Gasteiger partial charge in [0.25, 0.3) is 5.56 Å². The molecule has 0 saturated heterocycles. The maximum absolute atomic E-state index is 11.4. The number of pyridine rings is 1. The molecule has 0 bridgehead atoms. The number of aromatic amines is 1. The van der Waals surface area contributed by atoms with Crippen LogP contribution in [-0.4, -0.2) is 4.98 Å². The first kappa shape index (κ1) is 12.9. The molecule has 0 amide bonds. The van der Waals surface area contributed by atoms with Crippen molar-refractivity contribution >= 4 is 55.1 Å². The van der Waals surface area contributed by atoms with Crippen LogP contribution in [0.1, 0.15) is 5.56 Å². The van der Waals surface area contributed by atoms with E-state index in [1.54, 1.807) is 0 Å². The third kappa shape index (κ3) is 2.71. The van der Waals surface area contributed by atoms with Gasteiger partial charge in [-0.25, -0.2) is 0 Å². The molecule has 0 fully saturated rings. The molecule has 1 N–H and O–H groups in total. The summed E-state index contributed by atoms with van der Waals surface area (Å²) in [6, 6.07) is 7.76. The Balaban J connectivity index is 0.000000531. The van der Waals surface area contributed by atoms with Crippen LogP contribution in [0.4, 0.5) is 0 Å². The van der Waals surface area contributed by atoms with E-state index in [2.05, 4.69) is 49.2 Å². The van der Waals surface area contributed by atoms with Gasteiger partial charge in [-0.05, 0) is 34.5 Å². The van der Waals surface area contributed by atoms with Crippen LogP contribution in [0.15, 0.2) is 33.5 Å². The quantitative estimate of drug-likeness (QED) is 0.706. The van der Waals surface area contributed by atoms with Crippen molar-refractivity contribution in [3.05, 3.63) is 44.7 Å². The van der Waals surface area contributed by atoms with Gasteiger partial charge in [-0.1, -0.05) is 18.2 Å². The second kappa shape index (κ2) is 5.82. The maximum Gasteiger partial charge on any atom is 0.263 e. The van der Waals surface area contributed by atoms with Gasteiger partial charge in [-0.3, -0.25) is 4.79 Å². The van der Waals surface area contributed by atoms with E-state index in [-0.39, 0.29) is 5.56 Å². The number of hydrogen-bond acceptors (Lipinski definition) is 1. The fourth-order valence-corrected chi connectivity index (χ4v) is 1.70. The first-order valence-electron chi connectivity index (χ1n) is 4.11. The van der Waals surface area contributed by atoms with Gasteiger partial charge in [0.05, 0.1) is 4.47 Å². The molecule has 5 heteroatoms. The number of rotatable bonds is 0.